The Morgan fingerprint density at radius 2 is 1.90 bits per heavy atom. The molecule has 1 N–H and O–H groups in total. The van der Waals surface area contributed by atoms with Gasteiger partial charge in [-0.1, -0.05) is 26.0 Å². The smallest absolute Gasteiger partial charge is 0.379 e. The van der Waals surface area contributed by atoms with Crippen LogP contribution in [0.25, 0.3) is 0 Å². The van der Waals surface area contributed by atoms with Crippen LogP contribution in [0.2, 0.25) is 0 Å². The minimum absolute atomic E-state index is 0.00521. The molecule has 0 amide bonds. The van der Waals surface area contributed by atoms with Crippen LogP contribution in [0, 0.1) is 5.82 Å². The van der Waals surface area contributed by atoms with Crippen molar-refractivity contribution in [1.29, 1.82) is 0 Å². The van der Waals surface area contributed by atoms with Gasteiger partial charge in [-0.25, -0.2) is 4.39 Å². The van der Waals surface area contributed by atoms with Gasteiger partial charge in [0.25, 0.3) is 0 Å². The topological polar surface area (TPSA) is 21.3 Å². The van der Waals surface area contributed by atoms with E-state index in [9.17, 15) is 17.6 Å². The SMILES string of the molecule is CCCNC(COCCC)c1cccc(C(F)(F)F)c1F. The lowest BCUT2D eigenvalue weighted by Gasteiger charge is -2.21. The summed E-state index contributed by atoms with van der Waals surface area (Å²) in [6.07, 6.45) is -3.10. The fraction of sp³-hybridized carbons (Fsp3) is 0.600. The zero-order valence-electron chi connectivity index (χ0n) is 12.3. The van der Waals surface area contributed by atoms with Crippen molar-refractivity contribution in [2.24, 2.45) is 0 Å². The lowest BCUT2D eigenvalue weighted by molar-refractivity contribution is -0.140. The van der Waals surface area contributed by atoms with Gasteiger partial charge in [-0.15, -0.1) is 0 Å². The van der Waals surface area contributed by atoms with Crippen LogP contribution in [0.15, 0.2) is 18.2 Å². The molecule has 2 nitrogen and oxygen atoms in total. The number of rotatable bonds is 8. The zero-order valence-corrected chi connectivity index (χ0v) is 12.3. The van der Waals surface area contributed by atoms with Crippen molar-refractivity contribution in [3.8, 4) is 0 Å². The van der Waals surface area contributed by atoms with E-state index in [0.717, 1.165) is 18.9 Å². The number of hydrogen-bond donors (Lipinski definition) is 1. The summed E-state index contributed by atoms with van der Waals surface area (Å²) in [5.74, 6) is -1.22. The Bertz CT molecular complexity index is 434. The molecule has 0 aliphatic heterocycles. The third kappa shape index (κ3) is 5.28. The van der Waals surface area contributed by atoms with Crippen LogP contribution in [0.4, 0.5) is 17.6 Å². The Kier molecular flexibility index (Phi) is 7.11. The van der Waals surface area contributed by atoms with Crippen molar-refractivity contribution in [2.45, 2.75) is 38.9 Å². The molecule has 21 heavy (non-hydrogen) atoms. The molecule has 1 aromatic rings. The average molecular weight is 307 g/mol. The van der Waals surface area contributed by atoms with E-state index in [4.69, 9.17) is 4.74 Å². The third-order valence-corrected chi connectivity index (χ3v) is 2.98. The molecule has 0 fully saturated rings. The highest BCUT2D eigenvalue weighted by Gasteiger charge is 2.35. The number of ether oxygens (including phenoxy) is 1. The van der Waals surface area contributed by atoms with Gasteiger partial charge in [0.05, 0.1) is 18.2 Å². The summed E-state index contributed by atoms with van der Waals surface area (Å²) in [6.45, 7) is 5.07. The van der Waals surface area contributed by atoms with Gasteiger partial charge in [-0.05, 0) is 25.5 Å². The Balaban J connectivity index is 3.00. The van der Waals surface area contributed by atoms with Gasteiger partial charge >= 0.3 is 6.18 Å². The maximum absolute atomic E-state index is 14.1. The molecule has 0 saturated heterocycles. The highest BCUT2D eigenvalue weighted by atomic mass is 19.4. The average Bonchev–Trinajstić information content (AvgIpc) is 2.42. The number of halogens is 4. The van der Waals surface area contributed by atoms with E-state index in [-0.39, 0.29) is 12.2 Å². The molecular formula is C15H21F4NO. The van der Waals surface area contributed by atoms with Crippen molar-refractivity contribution in [1.82, 2.24) is 5.32 Å². The highest BCUT2D eigenvalue weighted by molar-refractivity contribution is 5.30. The first-order valence-corrected chi connectivity index (χ1v) is 7.08. The number of alkyl halides is 3. The monoisotopic (exact) mass is 307 g/mol. The molecule has 120 valence electrons. The molecule has 1 unspecified atom stereocenters. The molecule has 0 spiro atoms. The van der Waals surface area contributed by atoms with Crippen molar-refractivity contribution in [3.05, 3.63) is 35.1 Å². The second-order valence-corrected chi connectivity index (χ2v) is 4.79. The lowest BCUT2D eigenvalue weighted by Crippen LogP contribution is -2.28. The van der Waals surface area contributed by atoms with Gasteiger partial charge in [0.15, 0.2) is 0 Å². The Labute approximate surface area is 122 Å². The fourth-order valence-electron chi connectivity index (χ4n) is 1.96. The maximum atomic E-state index is 14.1. The van der Waals surface area contributed by atoms with E-state index < -0.39 is 23.6 Å². The van der Waals surface area contributed by atoms with Crippen molar-refractivity contribution in [3.63, 3.8) is 0 Å². The Morgan fingerprint density at radius 3 is 2.48 bits per heavy atom. The largest absolute Gasteiger partial charge is 0.419 e. The molecule has 0 aliphatic carbocycles. The summed E-state index contributed by atoms with van der Waals surface area (Å²) in [5, 5.41) is 3.03. The quantitative estimate of drug-likeness (QED) is 0.571. The second kappa shape index (κ2) is 8.34. The molecule has 1 atom stereocenters. The summed E-state index contributed by atoms with van der Waals surface area (Å²) in [7, 11) is 0. The van der Waals surface area contributed by atoms with E-state index in [2.05, 4.69) is 5.32 Å². The molecule has 1 rings (SSSR count). The summed E-state index contributed by atoms with van der Waals surface area (Å²) in [6, 6.07) is 2.76. The van der Waals surface area contributed by atoms with Crippen molar-refractivity contribution in [2.75, 3.05) is 19.8 Å². The summed E-state index contributed by atoms with van der Waals surface area (Å²) in [4.78, 5) is 0. The Hall–Kier alpha value is -1.14. The minimum Gasteiger partial charge on any atom is -0.379 e. The molecule has 0 heterocycles. The molecule has 1 aromatic carbocycles. The van der Waals surface area contributed by atoms with Crippen LogP contribution >= 0.6 is 0 Å². The van der Waals surface area contributed by atoms with Crippen LogP contribution < -0.4 is 5.32 Å². The van der Waals surface area contributed by atoms with Gasteiger partial charge in [0.2, 0.25) is 0 Å². The van der Waals surface area contributed by atoms with E-state index >= 15 is 0 Å². The van der Waals surface area contributed by atoms with Crippen molar-refractivity contribution < 1.29 is 22.3 Å². The third-order valence-electron chi connectivity index (χ3n) is 2.98. The van der Waals surface area contributed by atoms with Gasteiger partial charge in [-0.3, -0.25) is 0 Å². The predicted octanol–water partition coefficient (Wildman–Crippen LogP) is 4.31. The first kappa shape index (κ1) is 17.9. The van der Waals surface area contributed by atoms with E-state index in [1.165, 1.54) is 12.1 Å². The van der Waals surface area contributed by atoms with Crippen LogP contribution in [-0.2, 0) is 10.9 Å². The molecule has 6 heteroatoms. The molecule has 0 aromatic heterocycles. The Morgan fingerprint density at radius 1 is 1.19 bits per heavy atom. The first-order valence-electron chi connectivity index (χ1n) is 7.08. The van der Waals surface area contributed by atoms with E-state index in [1.54, 1.807) is 0 Å². The van der Waals surface area contributed by atoms with Gasteiger partial charge in [0, 0.05) is 12.2 Å². The molecular weight excluding hydrogens is 286 g/mol. The van der Waals surface area contributed by atoms with Crippen LogP contribution in [-0.4, -0.2) is 19.8 Å². The molecule has 0 aliphatic rings. The van der Waals surface area contributed by atoms with Crippen LogP contribution in [0.5, 0.6) is 0 Å². The normalized spacial score (nSPS) is 13.4. The van der Waals surface area contributed by atoms with Gasteiger partial charge < -0.3 is 10.1 Å². The maximum Gasteiger partial charge on any atom is 0.419 e. The molecule has 0 saturated carbocycles. The van der Waals surface area contributed by atoms with Crippen molar-refractivity contribution >= 4 is 0 Å². The number of hydrogen-bond acceptors (Lipinski definition) is 2. The number of nitrogens with one attached hydrogen (secondary N) is 1. The van der Waals surface area contributed by atoms with Crippen LogP contribution in [0.3, 0.4) is 0 Å². The zero-order chi connectivity index (χ0) is 15.9. The summed E-state index contributed by atoms with van der Waals surface area (Å²) < 4.78 is 57.8. The standard InChI is InChI=1S/C15H21F4NO/c1-3-8-20-13(10-21-9-4-2)11-6-5-7-12(14(11)16)15(17,18)19/h5-7,13,20H,3-4,8-10H2,1-2H3. The predicted molar refractivity (Wildman–Crippen MR) is 73.5 cm³/mol. The van der Waals surface area contributed by atoms with E-state index in [0.29, 0.717) is 13.2 Å². The lowest BCUT2D eigenvalue weighted by atomic mass is 10.0. The van der Waals surface area contributed by atoms with E-state index in [1.807, 2.05) is 13.8 Å². The summed E-state index contributed by atoms with van der Waals surface area (Å²) in [5.41, 5.74) is -1.24. The molecule has 0 bridgehead atoms. The fourth-order valence-corrected chi connectivity index (χ4v) is 1.96. The second-order valence-electron chi connectivity index (χ2n) is 4.79. The minimum atomic E-state index is -4.69. The van der Waals surface area contributed by atoms with Gasteiger partial charge in [0.1, 0.15) is 5.82 Å². The summed E-state index contributed by atoms with van der Waals surface area (Å²) >= 11 is 0. The van der Waals surface area contributed by atoms with Gasteiger partial charge in [-0.2, -0.15) is 13.2 Å². The number of benzene rings is 1. The highest BCUT2D eigenvalue weighted by Crippen LogP contribution is 2.33. The first-order chi connectivity index (χ1) is 9.91. The molecule has 0 radical (unpaired) electrons. The van der Waals surface area contributed by atoms with Crippen LogP contribution in [0.1, 0.15) is 43.9 Å².